The Kier molecular flexibility index (Phi) is 5.71. The molecule has 0 radical (unpaired) electrons. The molecule has 0 spiro atoms. The Morgan fingerprint density at radius 1 is 1.25 bits per heavy atom. The standard InChI is InChI=1S/C14H17NO5/c1-2-9(13(17)18)6-7-12(16)15-11-5-3-4-10(8-11)14(19)20/h3-5,8-9H,2,6-7H2,1H3,(H,15,16)(H,17,18)(H,19,20)/p-2. The predicted molar refractivity (Wildman–Crippen MR) is 67.4 cm³/mol. The maximum atomic E-state index is 11.6. The van der Waals surface area contributed by atoms with Crippen molar-refractivity contribution >= 4 is 23.5 Å². The van der Waals surface area contributed by atoms with Crippen LogP contribution in [0, 0.1) is 5.92 Å². The van der Waals surface area contributed by atoms with Crippen molar-refractivity contribution in [3.63, 3.8) is 0 Å². The summed E-state index contributed by atoms with van der Waals surface area (Å²) in [6.45, 7) is 1.71. The Hall–Kier alpha value is -2.37. The summed E-state index contributed by atoms with van der Waals surface area (Å²) in [7, 11) is 0. The zero-order valence-electron chi connectivity index (χ0n) is 11.0. The van der Waals surface area contributed by atoms with Gasteiger partial charge in [-0.25, -0.2) is 0 Å². The highest BCUT2D eigenvalue weighted by molar-refractivity contribution is 5.93. The third-order valence-electron chi connectivity index (χ3n) is 2.93. The minimum atomic E-state index is -1.33. The Balaban J connectivity index is 2.56. The molecule has 1 rings (SSSR count). The number of carbonyl (C=O) groups is 3. The number of hydrogen-bond acceptors (Lipinski definition) is 5. The SMILES string of the molecule is CCC(CCC(=O)Nc1cccc(C(=O)[O-])c1)C(=O)[O-]. The fraction of sp³-hybridized carbons (Fsp3) is 0.357. The van der Waals surface area contributed by atoms with Gasteiger partial charge in [-0.3, -0.25) is 4.79 Å². The molecular weight excluding hydrogens is 262 g/mol. The van der Waals surface area contributed by atoms with Crippen molar-refractivity contribution in [2.75, 3.05) is 5.32 Å². The molecule has 0 saturated carbocycles. The minimum Gasteiger partial charge on any atom is -0.550 e. The smallest absolute Gasteiger partial charge is 0.224 e. The first-order valence-corrected chi connectivity index (χ1v) is 6.26. The molecule has 0 aliphatic carbocycles. The molecule has 0 bridgehead atoms. The van der Waals surface area contributed by atoms with Crippen LogP contribution in [0.25, 0.3) is 0 Å². The van der Waals surface area contributed by atoms with Crippen LogP contribution in [0.5, 0.6) is 0 Å². The Morgan fingerprint density at radius 2 is 1.95 bits per heavy atom. The first-order valence-electron chi connectivity index (χ1n) is 6.26. The van der Waals surface area contributed by atoms with Gasteiger partial charge in [0.25, 0.3) is 0 Å². The highest BCUT2D eigenvalue weighted by Crippen LogP contribution is 2.13. The number of carbonyl (C=O) groups excluding carboxylic acids is 3. The second-order valence-corrected chi connectivity index (χ2v) is 4.38. The lowest BCUT2D eigenvalue weighted by Crippen LogP contribution is -2.31. The summed E-state index contributed by atoms with van der Waals surface area (Å²) in [4.78, 5) is 33.0. The van der Waals surface area contributed by atoms with Gasteiger partial charge in [-0.1, -0.05) is 19.1 Å². The predicted octanol–water partition coefficient (Wildman–Crippen LogP) is -0.455. The van der Waals surface area contributed by atoms with Crippen LogP contribution in [0.1, 0.15) is 36.5 Å². The van der Waals surface area contributed by atoms with Gasteiger partial charge in [0.1, 0.15) is 0 Å². The summed E-state index contributed by atoms with van der Waals surface area (Å²) >= 11 is 0. The fourth-order valence-electron chi connectivity index (χ4n) is 1.74. The molecule has 0 aliphatic heterocycles. The van der Waals surface area contributed by atoms with Crippen molar-refractivity contribution in [3.8, 4) is 0 Å². The van der Waals surface area contributed by atoms with Gasteiger partial charge in [0.2, 0.25) is 5.91 Å². The number of aromatic carboxylic acids is 1. The largest absolute Gasteiger partial charge is 0.550 e. The number of hydrogen-bond donors (Lipinski definition) is 1. The van der Waals surface area contributed by atoms with Gasteiger partial charge in [0.05, 0.1) is 5.97 Å². The van der Waals surface area contributed by atoms with Crippen LogP contribution < -0.4 is 15.5 Å². The molecular formula is C14H15NO5-2. The zero-order chi connectivity index (χ0) is 15.1. The number of rotatable bonds is 7. The summed E-state index contributed by atoms with van der Waals surface area (Å²) in [5.74, 6) is -3.53. The van der Waals surface area contributed by atoms with Crippen molar-refractivity contribution in [1.29, 1.82) is 0 Å². The van der Waals surface area contributed by atoms with E-state index in [2.05, 4.69) is 5.32 Å². The molecule has 0 fully saturated rings. The van der Waals surface area contributed by atoms with Crippen molar-refractivity contribution < 1.29 is 24.6 Å². The van der Waals surface area contributed by atoms with Gasteiger partial charge >= 0.3 is 0 Å². The maximum Gasteiger partial charge on any atom is 0.224 e. The number of carboxylic acids is 2. The monoisotopic (exact) mass is 277 g/mol. The van der Waals surface area contributed by atoms with E-state index in [1.165, 1.54) is 18.2 Å². The number of amides is 1. The van der Waals surface area contributed by atoms with Gasteiger partial charge in [0.15, 0.2) is 0 Å². The number of nitrogens with one attached hydrogen (secondary N) is 1. The Morgan fingerprint density at radius 3 is 2.50 bits per heavy atom. The average Bonchev–Trinajstić information content (AvgIpc) is 2.39. The lowest BCUT2D eigenvalue weighted by molar-refractivity contribution is -0.311. The third-order valence-corrected chi connectivity index (χ3v) is 2.93. The van der Waals surface area contributed by atoms with E-state index in [0.29, 0.717) is 12.1 Å². The summed E-state index contributed by atoms with van der Waals surface area (Å²) in [6.07, 6.45) is 0.614. The fourth-order valence-corrected chi connectivity index (χ4v) is 1.74. The molecule has 1 aromatic carbocycles. The number of anilines is 1. The molecule has 1 N–H and O–H groups in total. The van der Waals surface area contributed by atoms with Gasteiger partial charge in [-0.2, -0.15) is 0 Å². The van der Waals surface area contributed by atoms with Crippen molar-refractivity contribution in [1.82, 2.24) is 0 Å². The van der Waals surface area contributed by atoms with E-state index in [1.807, 2.05) is 0 Å². The molecule has 6 nitrogen and oxygen atoms in total. The van der Waals surface area contributed by atoms with Gasteiger partial charge < -0.3 is 25.1 Å². The minimum absolute atomic E-state index is 0.0298. The van der Waals surface area contributed by atoms with E-state index in [9.17, 15) is 24.6 Å². The zero-order valence-corrected chi connectivity index (χ0v) is 11.0. The first-order chi connectivity index (χ1) is 9.43. The van der Waals surface area contributed by atoms with Crippen LogP contribution in [0.15, 0.2) is 24.3 Å². The van der Waals surface area contributed by atoms with Crippen LogP contribution >= 0.6 is 0 Å². The summed E-state index contributed by atoms with van der Waals surface area (Å²) < 4.78 is 0. The molecule has 0 aliphatic rings. The Labute approximate surface area is 116 Å². The van der Waals surface area contributed by atoms with E-state index in [-0.39, 0.29) is 24.3 Å². The first kappa shape index (κ1) is 15.7. The van der Waals surface area contributed by atoms with Crippen molar-refractivity contribution in [2.24, 2.45) is 5.92 Å². The quantitative estimate of drug-likeness (QED) is 0.725. The summed E-state index contributed by atoms with van der Waals surface area (Å²) in [5.41, 5.74) is 0.294. The van der Waals surface area contributed by atoms with E-state index in [0.717, 1.165) is 0 Å². The molecule has 0 heterocycles. The maximum absolute atomic E-state index is 11.6. The van der Waals surface area contributed by atoms with E-state index in [4.69, 9.17) is 0 Å². The van der Waals surface area contributed by atoms with Gasteiger partial charge in [-0.15, -0.1) is 0 Å². The lowest BCUT2D eigenvalue weighted by Gasteiger charge is -2.15. The van der Waals surface area contributed by atoms with E-state index in [1.54, 1.807) is 13.0 Å². The molecule has 0 aromatic heterocycles. The number of benzene rings is 1. The van der Waals surface area contributed by atoms with Crippen LogP contribution in [0.2, 0.25) is 0 Å². The molecule has 108 valence electrons. The topological polar surface area (TPSA) is 109 Å². The third kappa shape index (κ3) is 4.72. The molecule has 0 saturated heterocycles. The summed E-state index contributed by atoms with van der Waals surface area (Å²) in [6, 6.07) is 5.66. The van der Waals surface area contributed by atoms with E-state index >= 15 is 0 Å². The normalized spacial score (nSPS) is 11.7. The van der Waals surface area contributed by atoms with Crippen molar-refractivity contribution in [3.05, 3.63) is 29.8 Å². The highest BCUT2D eigenvalue weighted by atomic mass is 16.4. The second-order valence-electron chi connectivity index (χ2n) is 4.38. The van der Waals surface area contributed by atoms with E-state index < -0.39 is 17.9 Å². The van der Waals surface area contributed by atoms with Crippen LogP contribution in [0.4, 0.5) is 5.69 Å². The average molecular weight is 277 g/mol. The number of carboxylic acid groups (broad SMARTS) is 2. The lowest BCUT2D eigenvalue weighted by atomic mass is 10.0. The molecule has 20 heavy (non-hydrogen) atoms. The number of aliphatic carboxylic acids is 1. The molecule has 1 aromatic rings. The summed E-state index contributed by atoms with van der Waals surface area (Å²) in [5, 5.41) is 23.9. The Bertz CT molecular complexity index is 512. The molecule has 1 unspecified atom stereocenters. The molecule has 6 heteroatoms. The second kappa shape index (κ2) is 7.28. The van der Waals surface area contributed by atoms with Crippen molar-refractivity contribution in [2.45, 2.75) is 26.2 Å². The molecule has 1 atom stereocenters. The van der Waals surface area contributed by atoms with Crippen LogP contribution in [-0.2, 0) is 9.59 Å². The van der Waals surface area contributed by atoms with Gasteiger partial charge in [0, 0.05) is 18.1 Å². The van der Waals surface area contributed by atoms with Crippen LogP contribution in [0.3, 0.4) is 0 Å². The highest BCUT2D eigenvalue weighted by Gasteiger charge is 2.10. The van der Waals surface area contributed by atoms with Gasteiger partial charge in [-0.05, 0) is 36.5 Å². The molecule has 1 amide bonds. The van der Waals surface area contributed by atoms with Crippen LogP contribution in [-0.4, -0.2) is 17.8 Å².